The lowest BCUT2D eigenvalue weighted by Crippen LogP contribution is -2.16. The first-order valence-corrected chi connectivity index (χ1v) is 11.0. The fourth-order valence-corrected chi connectivity index (χ4v) is 3.94. The second-order valence-corrected chi connectivity index (χ2v) is 8.39. The van der Waals surface area contributed by atoms with Gasteiger partial charge in [-0.3, -0.25) is 4.79 Å². The van der Waals surface area contributed by atoms with Crippen molar-refractivity contribution in [2.24, 2.45) is 0 Å². The van der Waals surface area contributed by atoms with Crippen molar-refractivity contribution < 1.29 is 14.3 Å². The van der Waals surface area contributed by atoms with Crippen LogP contribution in [0.5, 0.6) is 5.88 Å². The molecule has 0 atom stereocenters. The van der Waals surface area contributed by atoms with Crippen LogP contribution in [0, 0.1) is 0 Å². The van der Waals surface area contributed by atoms with Gasteiger partial charge in [0.05, 0.1) is 12.3 Å². The zero-order valence-corrected chi connectivity index (χ0v) is 19.4. The van der Waals surface area contributed by atoms with E-state index in [2.05, 4.69) is 13.8 Å². The van der Waals surface area contributed by atoms with E-state index in [0.717, 1.165) is 22.4 Å². The number of aromatic nitrogens is 2. The van der Waals surface area contributed by atoms with Gasteiger partial charge < -0.3 is 9.47 Å². The van der Waals surface area contributed by atoms with E-state index in [0.29, 0.717) is 35.6 Å². The van der Waals surface area contributed by atoms with Crippen LogP contribution >= 0.6 is 23.2 Å². The third-order valence-corrected chi connectivity index (χ3v) is 5.12. The Morgan fingerprint density at radius 3 is 2.35 bits per heavy atom. The highest BCUT2D eigenvalue weighted by molar-refractivity contribution is 6.34. The van der Waals surface area contributed by atoms with Crippen LogP contribution < -0.4 is 4.74 Å². The van der Waals surface area contributed by atoms with Crippen LogP contribution in [0.1, 0.15) is 49.1 Å². The lowest BCUT2D eigenvalue weighted by atomic mass is 9.99. The van der Waals surface area contributed by atoms with Gasteiger partial charge >= 0.3 is 5.97 Å². The van der Waals surface area contributed by atoms with Gasteiger partial charge in [0.15, 0.2) is 0 Å². The van der Waals surface area contributed by atoms with E-state index >= 15 is 0 Å². The maximum Gasteiger partial charge on any atom is 0.327 e. The quantitative estimate of drug-likeness (QED) is 0.364. The Labute approximate surface area is 192 Å². The number of benzene rings is 2. The molecule has 0 aliphatic carbocycles. The van der Waals surface area contributed by atoms with Crippen molar-refractivity contribution in [2.75, 3.05) is 6.61 Å². The van der Waals surface area contributed by atoms with Crippen LogP contribution in [-0.2, 0) is 29.1 Å². The summed E-state index contributed by atoms with van der Waals surface area (Å²) in [5, 5.41) is 5.85. The number of halogens is 2. The van der Waals surface area contributed by atoms with Crippen molar-refractivity contribution in [1.82, 2.24) is 9.78 Å². The van der Waals surface area contributed by atoms with Crippen LogP contribution in [0.15, 0.2) is 48.5 Å². The highest BCUT2D eigenvalue weighted by Crippen LogP contribution is 2.32. The molecule has 5 nitrogen and oxygen atoms in total. The summed E-state index contributed by atoms with van der Waals surface area (Å²) in [6.45, 7) is 6.55. The average molecular weight is 461 g/mol. The lowest BCUT2D eigenvalue weighted by Gasteiger charge is -2.12. The first-order chi connectivity index (χ1) is 14.9. The predicted octanol–water partition coefficient (Wildman–Crippen LogP) is 6.05. The number of rotatable bonds is 9. The summed E-state index contributed by atoms with van der Waals surface area (Å²) in [7, 11) is 0. The molecule has 0 N–H and O–H groups in total. The molecule has 164 valence electrons. The van der Waals surface area contributed by atoms with Gasteiger partial charge in [0.25, 0.3) is 0 Å². The van der Waals surface area contributed by atoms with Gasteiger partial charge in [-0.15, -0.1) is 0 Å². The SMILES string of the molecule is CCOC(=O)Cn1nc(C(C)C)c(Cc2cc(Cl)cc(Cl)c2)c1OCc1ccccc1. The number of nitrogens with zero attached hydrogens (tertiary/aromatic N) is 2. The molecule has 3 rings (SSSR count). The molecule has 0 radical (unpaired) electrons. The molecule has 0 fully saturated rings. The van der Waals surface area contributed by atoms with Gasteiger partial charge in [0.2, 0.25) is 5.88 Å². The maximum atomic E-state index is 12.2. The van der Waals surface area contributed by atoms with Crippen LogP contribution in [0.25, 0.3) is 0 Å². The molecule has 0 saturated carbocycles. The summed E-state index contributed by atoms with van der Waals surface area (Å²) in [6, 6.07) is 15.3. The van der Waals surface area contributed by atoms with Gasteiger partial charge in [-0.2, -0.15) is 5.10 Å². The van der Waals surface area contributed by atoms with Crippen molar-refractivity contribution in [3.63, 3.8) is 0 Å². The van der Waals surface area contributed by atoms with E-state index in [9.17, 15) is 4.79 Å². The molecule has 0 bridgehead atoms. The molecule has 2 aromatic carbocycles. The van der Waals surface area contributed by atoms with Gasteiger partial charge in [0.1, 0.15) is 13.2 Å². The molecule has 1 heterocycles. The normalized spacial score (nSPS) is 11.0. The van der Waals surface area contributed by atoms with Crippen LogP contribution in [-0.4, -0.2) is 22.4 Å². The van der Waals surface area contributed by atoms with Crippen molar-refractivity contribution in [3.05, 3.63) is 81.0 Å². The summed E-state index contributed by atoms with van der Waals surface area (Å²) in [5.74, 6) is 0.325. The maximum absolute atomic E-state index is 12.2. The first-order valence-electron chi connectivity index (χ1n) is 10.2. The highest BCUT2D eigenvalue weighted by atomic mass is 35.5. The minimum absolute atomic E-state index is 0.0199. The molecule has 3 aromatic rings. The summed E-state index contributed by atoms with van der Waals surface area (Å²) >= 11 is 12.4. The topological polar surface area (TPSA) is 53.4 Å². The van der Waals surface area contributed by atoms with E-state index in [1.165, 1.54) is 0 Å². The number of carbonyl (C=O) groups excluding carboxylic acids is 1. The van der Waals surface area contributed by atoms with E-state index in [4.69, 9.17) is 37.8 Å². The smallest absolute Gasteiger partial charge is 0.327 e. The van der Waals surface area contributed by atoms with Crippen molar-refractivity contribution >= 4 is 29.2 Å². The Morgan fingerprint density at radius 2 is 1.74 bits per heavy atom. The summed E-state index contributed by atoms with van der Waals surface area (Å²) in [6.07, 6.45) is 0.529. The van der Waals surface area contributed by atoms with Crippen molar-refractivity contribution in [2.45, 2.75) is 46.3 Å². The molecule has 1 aromatic heterocycles. The van der Waals surface area contributed by atoms with E-state index in [1.54, 1.807) is 17.7 Å². The zero-order chi connectivity index (χ0) is 22.4. The Bertz CT molecular complexity index is 1010. The average Bonchev–Trinajstić information content (AvgIpc) is 3.03. The molecule has 0 amide bonds. The Kier molecular flexibility index (Phi) is 7.99. The fraction of sp³-hybridized carbons (Fsp3) is 0.333. The van der Waals surface area contributed by atoms with Crippen molar-refractivity contribution in [1.29, 1.82) is 0 Å². The molecule has 0 spiro atoms. The molecule has 31 heavy (non-hydrogen) atoms. The van der Waals surface area contributed by atoms with Crippen molar-refractivity contribution in [3.8, 4) is 5.88 Å². The molecular weight excluding hydrogens is 435 g/mol. The van der Waals surface area contributed by atoms with Gasteiger partial charge in [-0.1, -0.05) is 67.4 Å². The monoisotopic (exact) mass is 460 g/mol. The van der Waals surface area contributed by atoms with E-state index < -0.39 is 0 Å². The summed E-state index contributed by atoms with van der Waals surface area (Å²) in [5.41, 5.74) is 3.74. The number of esters is 1. The second kappa shape index (κ2) is 10.7. The molecule has 0 aliphatic rings. The van der Waals surface area contributed by atoms with Crippen LogP contribution in [0.2, 0.25) is 10.0 Å². The molecule has 7 heteroatoms. The Morgan fingerprint density at radius 1 is 1.06 bits per heavy atom. The largest absolute Gasteiger partial charge is 0.473 e. The Hall–Kier alpha value is -2.50. The predicted molar refractivity (Wildman–Crippen MR) is 123 cm³/mol. The van der Waals surface area contributed by atoms with Gasteiger partial charge in [-0.25, -0.2) is 4.68 Å². The third-order valence-electron chi connectivity index (χ3n) is 4.68. The molecular formula is C24H26Cl2N2O3. The third kappa shape index (κ3) is 6.25. The standard InChI is InChI=1S/C24H26Cl2N2O3/c1-4-30-22(29)14-28-24(31-15-17-8-6-5-7-9-17)21(23(27-28)16(2)3)12-18-10-19(25)13-20(26)11-18/h5-11,13,16H,4,12,14-15H2,1-3H3. The molecule has 0 unspecified atom stereocenters. The second-order valence-electron chi connectivity index (χ2n) is 7.52. The van der Waals surface area contributed by atoms with E-state index in [1.807, 2.05) is 42.5 Å². The highest BCUT2D eigenvalue weighted by Gasteiger charge is 2.23. The van der Waals surface area contributed by atoms with Gasteiger partial charge in [-0.05, 0) is 42.2 Å². The van der Waals surface area contributed by atoms with Crippen LogP contribution in [0.3, 0.4) is 0 Å². The lowest BCUT2D eigenvalue weighted by molar-refractivity contribution is -0.144. The minimum atomic E-state index is -0.359. The molecule has 0 aliphatic heterocycles. The first kappa shape index (κ1) is 23.2. The zero-order valence-electron chi connectivity index (χ0n) is 17.9. The van der Waals surface area contributed by atoms with Crippen LogP contribution in [0.4, 0.5) is 0 Å². The summed E-state index contributed by atoms with van der Waals surface area (Å²) in [4.78, 5) is 12.2. The summed E-state index contributed by atoms with van der Waals surface area (Å²) < 4.78 is 13.0. The molecule has 0 saturated heterocycles. The van der Waals surface area contributed by atoms with E-state index in [-0.39, 0.29) is 18.4 Å². The number of ether oxygens (including phenoxy) is 2. The fourth-order valence-electron chi connectivity index (χ4n) is 3.37. The Balaban J connectivity index is 2.01. The number of hydrogen-bond donors (Lipinski definition) is 0. The van der Waals surface area contributed by atoms with Gasteiger partial charge in [0, 0.05) is 22.0 Å². The number of hydrogen-bond acceptors (Lipinski definition) is 4. The minimum Gasteiger partial charge on any atom is -0.473 e. The number of carbonyl (C=O) groups is 1.